The van der Waals surface area contributed by atoms with Gasteiger partial charge in [-0.2, -0.15) is 10.2 Å². The molecule has 3 N–H and O–H groups in total. The SMILES string of the molecule is CCCCCCCc1ccc(N=Nc2ccc(OCCCCNC(=O)NNC(=O)OCC)cc2)cc1. The molecule has 9 heteroatoms. The first-order valence-electron chi connectivity index (χ1n) is 12.8. The molecule has 0 aliphatic heterocycles. The van der Waals surface area contributed by atoms with E-state index in [9.17, 15) is 9.59 Å². The minimum Gasteiger partial charge on any atom is -0.494 e. The lowest BCUT2D eigenvalue weighted by atomic mass is 10.1. The van der Waals surface area contributed by atoms with Crippen LogP contribution in [0.4, 0.5) is 21.0 Å². The molecule has 3 amide bonds. The number of nitrogens with zero attached hydrogens (tertiary/aromatic N) is 2. The molecular weight excluding hydrogens is 458 g/mol. The van der Waals surface area contributed by atoms with Gasteiger partial charge in [0.05, 0.1) is 24.6 Å². The molecule has 0 unspecified atom stereocenters. The van der Waals surface area contributed by atoms with Gasteiger partial charge in [-0.1, -0.05) is 44.7 Å². The van der Waals surface area contributed by atoms with Gasteiger partial charge in [-0.05, 0) is 74.6 Å². The van der Waals surface area contributed by atoms with Gasteiger partial charge in [0.15, 0.2) is 0 Å². The zero-order chi connectivity index (χ0) is 25.8. The number of amides is 3. The smallest absolute Gasteiger partial charge is 0.426 e. The van der Waals surface area contributed by atoms with E-state index in [0.717, 1.165) is 36.4 Å². The predicted octanol–water partition coefficient (Wildman–Crippen LogP) is 6.73. The number of hydrogen-bond donors (Lipinski definition) is 3. The van der Waals surface area contributed by atoms with Crippen molar-refractivity contribution in [3.63, 3.8) is 0 Å². The number of urea groups is 1. The first-order chi connectivity index (χ1) is 17.6. The summed E-state index contributed by atoms with van der Waals surface area (Å²) in [6, 6.07) is 15.3. The van der Waals surface area contributed by atoms with Gasteiger partial charge in [-0.25, -0.2) is 20.4 Å². The van der Waals surface area contributed by atoms with Crippen molar-refractivity contribution in [3.05, 3.63) is 54.1 Å². The summed E-state index contributed by atoms with van der Waals surface area (Å²) in [6.07, 6.45) is 8.36. The summed E-state index contributed by atoms with van der Waals surface area (Å²) in [5.74, 6) is 0.751. The third kappa shape index (κ3) is 12.7. The first kappa shape index (κ1) is 28.6. The Kier molecular flexibility index (Phi) is 14.1. The van der Waals surface area contributed by atoms with Crippen molar-refractivity contribution in [2.75, 3.05) is 19.8 Å². The Morgan fingerprint density at radius 2 is 1.44 bits per heavy atom. The largest absolute Gasteiger partial charge is 0.494 e. The summed E-state index contributed by atoms with van der Waals surface area (Å²) >= 11 is 0. The summed E-state index contributed by atoms with van der Waals surface area (Å²) in [5, 5.41) is 11.3. The normalized spacial score (nSPS) is 10.7. The number of nitrogens with one attached hydrogen (secondary N) is 3. The molecule has 0 bridgehead atoms. The van der Waals surface area contributed by atoms with Crippen LogP contribution in [0.15, 0.2) is 58.8 Å². The third-order valence-electron chi connectivity index (χ3n) is 5.30. The van der Waals surface area contributed by atoms with Crippen LogP contribution in [0.5, 0.6) is 5.75 Å². The maximum absolute atomic E-state index is 11.5. The van der Waals surface area contributed by atoms with E-state index in [-0.39, 0.29) is 6.61 Å². The van der Waals surface area contributed by atoms with E-state index < -0.39 is 12.1 Å². The third-order valence-corrected chi connectivity index (χ3v) is 5.30. The molecule has 0 radical (unpaired) electrons. The highest BCUT2D eigenvalue weighted by atomic mass is 16.6. The molecule has 0 heterocycles. The quantitative estimate of drug-likeness (QED) is 0.144. The molecule has 0 aliphatic rings. The van der Waals surface area contributed by atoms with Crippen LogP contribution in [0, 0.1) is 0 Å². The maximum atomic E-state index is 11.5. The molecule has 2 aromatic rings. The second-order valence-electron chi connectivity index (χ2n) is 8.31. The number of rotatable bonds is 15. The number of ether oxygens (including phenoxy) is 2. The van der Waals surface area contributed by atoms with Crippen LogP contribution in [0.1, 0.15) is 64.4 Å². The van der Waals surface area contributed by atoms with E-state index in [1.54, 1.807) is 6.92 Å². The zero-order valence-electron chi connectivity index (χ0n) is 21.4. The van der Waals surface area contributed by atoms with Crippen molar-refractivity contribution < 1.29 is 19.1 Å². The van der Waals surface area contributed by atoms with Gasteiger partial charge >= 0.3 is 12.1 Å². The summed E-state index contributed by atoms with van der Waals surface area (Å²) < 4.78 is 10.4. The highest BCUT2D eigenvalue weighted by Crippen LogP contribution is 2.22. The average molecular weight is 498 g/mol. The minimum atomic E-state index is -0.703. The Morgan fingerprint density at radius 3 is 2.11 bits per heavy atom. The molecule has 0 saturated heterocycles. The van der Waals surface area contributed by atoms with Gasteiger partial charge in [0.2, 0.25) is 0 Å². The van der Waals surface area contributed by atoms with Crippen LogP contribution in [-0.2, 0) is 11.2 Å². The number of hydrazine groups is 1. The summed E-state index contributed by atoms with van der Waals surface area (Å²) in [4.78, 5) is 22.6. The highest BCUT2D eigenvalue weighted by Gasteiger charge is 2.03. The number of aryl methyl sites for hydroxylation is 1. The Morgan fingerprint density at radius 1 is 0.778 bits per heavy atom. The summed E-state index contributed by atoms with van der Waals surface area (Å²) in [7, 11) is 0. The van der Waals surface area contributed by atoms with Crippen molar-refractivity contribution in [3.8, 4) is 5.75 Å². The molecular formula is C27H39N5O4. The molecule has 0 saturated carbocycles. The van der Waals surface area contributed by atoms with Gasteiger partial charge in [0, 0.05) is 6.54 Å². The molecule has 196 valence electrons. The molecule has 0 spiro atoms. The molecule has 0 aromatic heterocycles. The van der Waals surface area contributed by atoms with E-state index in [1.165, 1.54) is 37.7 Å². The lowest BCUT2D eigenvalue weighted by molar-refractivity contribution is 0.147. The van der Waals surface area contributed by atoms with Crippen molar-refractivity contribution in [1.29, 1.82) is 0 Å². The zero-order valence-corrected chi connectivity index (χ0v) is 21.4. The number of benzene rings is 2. The second kappa shape index (κ2) is 17.8. The van der Waals surface area contributed by atoms with Gasteiger partial charge in [0.25, 0.3) is 0 Å². The topological polar surface area (TPSA) is 113 Å². The van der Waals surface area contributed by atoms with Crippen molar-refractivity contribution in [1.82, 2.24) is 16.2 Å². The maximum Gasteiger partial charge on any atom is 0.426 e. The van der Waals surface area contributed by atoms with Gasteiger partial charge < -0.3 is 14.8 Å². The van der Waals surface area contributed by atoms with Crippen molar-refractivity contribution >= 4 is 23.5 Å². The van der Waals surface area contributed by atoms with E-state index >= 15 is 0 Å². The molecule has 0 aliphatic carbocycles. The Bertz CT molecular complexity index is 917. The van der Waals surface area contributed by atoms with Crippen LogP contribution < -0.4 is 20.9 Å². The van der Waals surface area contributed by atoms with Gasteiger partial charge in [0.1, 0.15) is 5.75 Å². The number of azo groups is 1. The Balaban J connectivity index is 1.60. The molecule has 2 rings (SSSR count). The predicted molar refractivity (Wildman–Crippen MR) is 141 cm³/mol. The van der Waals surface area contributed by atoms with Crippen molar-refractivity contribution in [2.45, 2.75) is 65.2 Å². The number of carbonyl (C=O) groups excluding carboxylic acids is 2. The summed E-state index contributed by atoms with van der Waals surface area (Å²) in [5.41, 5.74) is 7.27. The van der Waals surface area contributed by atoms with E-state index in [2.05, 4.69) is 50.2 Å². The monoisotopic (exact) mass is 497 g/mol. The lowest BCUT2D eigenvalue weighted by Crippen LogP contribution is -2.47. The Labute approximate surface area is 214 Å². The van der Waals surface area contributed by atoms with Crippen LogP contribution >= 0.6 is 0 Å². The molecule has 0 fully saturated rings. The fraction of sp³-hybridized carbons (Fsp3) is 0.481. The molecule has 36 heavy (non-hydrogen) atoms. The molecule has 0 atom stereocenters. The van der Waals surface area contributed by atoms with Crippen LogP contribution in [0.2, 0.25) is 0 Å². The fourth-order valence-corrected chi connectivity index (χ4v) is 3.32. The van der Waals surface area contributed by atoms with E-state index in [4.69, 9.17) is 4.74 Å². The first-order valence-corrected chi connectivity index (χ1v) is 12.8. The molecule has 2 aromatic carbocycles. The van der Waals surface area contributed by atoms with Crippen LogP contribution in [-0.4, -0.2) is 31.9 Å². The molecule has 9 nitrogen and oxygen atoms in total. The number of hydrogen-bond acceptors (Lipinski definition) is 6. The fourth-order valence-electron chi connectivity index (χ4n) is 3.32. The second-order valence-corrected chi connectivity index (χ2v) is 8.31. The summed E-state index contributed by atoms with van der Waals surface area (Å²) in [6.45, 7) is 5.13. The Hall–Kier alpha value is -3.62. The average Bonchev–Trinajstić information content (AvgIpc) is 2.89. The highest BCUT2D eigenvalue weighted by molar-refractivity contribution is 5.77. The standard InChI is InChI=1S/C27H39N5O4/c1-3-5-6-7-8-11-22-12-14-23(15-13-22)29-30-24-16-18-25(19-17-24)36-21-10-9-20-28-26(33)31-32-27(34)35-4-2/h12-19H,3-11,20-21H2,1-2H3,(H,32,34)(H2,28,31,33). The van der Waals surface area contributed by atoms with Gasteiger partial charge in [-0.3, -0.25) is 0 Å². The van der Waals surface area contributed by atoms with Crippen LogP contribution in [0.25, 0.3) is 0 Å². The van der Waals surface area contributed by atoms with Crippen LogP contribution in [0.3, 0.4) is 0 Å². The number of unbranched alkanes of at least 4 members (excludes halogenated alkanes) is 5. The van der Waals surface area contributed by atoms with Crippen molar-refractivity contribution in [2.24, 2.45) is 10.2 Å². The minimum absolute atomic E-state index is 0.232. The lowest BCUT2D eigenvalue weighted by Gasteiger charge is -2.09. The number of carbonyl (C=O) groups is 2. The van der Waals surface area contributed by atoms with Gasteiger partial charge in [-0.15, -0.1) is 0 Å². The van der Waals surface area contributed by atoms with E-state index in [1.807, 2.05) is 36.4 Å². The van der Waals surface area contributed by atoms with E-state index in [0.29, 0.717) is 13.2 Å².